The summed E-state index contributed by atoms with van der Waals surface area (Å²) in [6.07, 6.45) is 12.3. The molecule has 0 atom stereocenters. The van der Waals surface area contributed by atoms with Crippen molar-refractivity contribution in [1.29, 1.82) is 0 Å². The van der Waals surface area contributed by atoms with Crippen LogP contribution in [0.1, 0.15) is 12.8 Å². The van der Waals surface area contributed by atoms with E-state index in [1.165, 1.54) is 12.1 Å². The van der Waals surface area contributed by atoms with Gasteiger partial charge in [0.15, 0.2) is 0 Å². The standard InChI is InChI=1S/2C12H18F2NSi2.2C5H5.Ti/c2*1-16(2)7-8-17(3,4)15(16)12-6-5-10(13)9-11(12)14;2*1-2-4-5-3-1;/h2*5-6H,7-8H2,1-4H3;2*1-3H,4H2;. The Labute approximate surface area is 274 Å². The van der Waals surface area contributed by atoms with E-state index < -0.39 is 72.8 Å². The van der Waals surface area contributed by atoms with Gasteiger partial charge in [-0.05, 0) is 0 Å². The van der Waals surface area contributed by atoms with Crippen LogP contribution < -0.4 is 16.2 Å². The molecule has 11 heteroatoms. The Hall–Kier alpha value is -1.70. The van der Waals surface area contributed by atoms with Gasteiger partial charge in [0, 0.05) is 0 Å². The molecule has 2 heterocycles. The Bertz CT molecular complexity index is 1540. The van der Waals surface area contributed by atoms with Gasteiger partial charge in [-0.25, -0.2) is 0 Å². The van der Waals surface area contributed by atoms with E-state index in [2.05, 4.69) is 60.8 Å². The van der Waals surface area contributed by atoms with E-state index in [1.807, 2.05) is 36.5 Å². The second kappa shape index (κ2) is 11.2. The Kier molecular flexibility index (Phi) is 8.26. The molecule has 0 N–H and O–H groups in total. The Balaban J connectivity index is 1.73. The van der Waals surface area contributed by atoms with Gasteiger partial charge in [0.1, 0.15) is 0 Å². The second-order valence-electron chi connectivity index (χ2n) is 15.8. The molecule has 2 saturated heterocycles. The number of allylic oxidation sites excluding steroid dienone is 8. The first-order valence-electron chi connectivity index (χ1n) is 16.3. The Morgan fingerprint density at radius 2 is 0.867 bits per heavy atom. The topological polar surface area (TPSA) is 6.48 Å². The molecule has 0 aromatic heterocycles. The van der Waals surface area contributed by atoms with Crippen molar-refractivity contribution in [3.63, 3.8) is 0 Å². The number of anilines is 2. The van der Waals surface area contributed by atoms with Gasteiger partial charge in [-0.3, -0.25) is 0 Å². The van der Waals surface area contributed by atoms with E-state index in [9.17, 15) is 0 Å². The third-order valence-electron chi connectivity index (χ3n) is 11.0. The molecule has 0 saturated carbocycles. The molecule has 2 nitrogen and oxygen atoms in total. The summed E-state index contributed by atoms with van der Waals surface area (Å²) < 4.78 is 75.2. The van der Waals surface area contributed by atoms with Crippen molar-refractivity contribution in [2.75, 3.05) is 8.46 Å². The predicted octanol–water partition coefficient (Wildman–Crippen LogP) is 9.50. The molecule has 2 aliphatic heterocycles. The van der Waals surface area contributed by atoms with Crippen molar-refractivity contribution in [2.45, 2.75) is 89.4 Å². The normalized spacial score (nSPS) is 22.8. The van der Waals surface area contributed by atoms with Crippen molar-refractivity contribution in [2.24, 2.45) is 0 Å². The fraction of sp³-hybridized carbons (Fsp3) is 0.412. The molecule has 2 aliphatic carbocycles. The van der Waals surface area contributed by atoms with Gasteiger partial charge in [-0.1, -0.05) is 0 Å². The summed E-state index contributed by atoms with van der Waals surface area (Å²) in [6.45, 7) is 18.1. The van der Waals surface area contributed by atoms with Crippen LogP contribution in [0.15, 0.2) is 68.5 Å². The molecular weight excluding hydrogens is 673 g/mol. The van der Waals surface area contributed by atoms with Crippen LogP contribution in [0.5, 0.6) is 0 Å². The van der Waals surface area contributed by atoms with Crippen LogP contribution in [-0.2, 0) is 16.6 Å². The van der Waals surface area contributed by atoms with Crippen molar-refractivity contribution in [1.82, 2.24) is 0 Å². The minimum atomic E-state index is -4.91. The molecule has 2 aromatic carbocycles. The molecule has 6 rings (SSSR count). The van der Waals surface area contributed by atoms with Crippen LogP contribution in [0.25, 0.3) is 0 Å². The molecule has 0 spiro atoms. The molecule has 240 valence electrons. The molecule has 0 unspecified atom stereocenters. The van der Waals surface area contributed by atoms with Crippen molar-refractivity contribution >= 4 is 52.1 Å². The minimum absolute atomic E-state index is 0.0664. The van der Waals surface area contributed by atoms with E-state index in [0.29, 0.717) is 24.2 Å². The van der Waals surface area contributed by atoms with Crippen molar-refractivity contribution < 1.29 is 34.2 Å². The van der Waals surface area contributed by atoms with Gasteiger partial charge in [-0.2, -0.15) is 0 Å². The van der Waals surface area contributed by atoms with Crippen LogP contribution in [0.3, 0.4) is 0 Å². The molecule has 2 aromatic rings. The maximum absolute atomic E-state index is 17.7. The second-order valence-corrected chi connectivity index (χ2v) is 40.9. The summed E-state index contributed by atoms with van der Waals surface area (Å²) in [4.78, 5) is 0. The molecule has 0 bridgehead atoms. The number of hydrogen-bond donors (Lipinski definition) is 0. The molecule has 0 radical (unpaired) electrons. The zero-order valence-corrected chi connectivity index (χ0v) is 33.5. The Morgan fingerprint density at radius 3 is 1.16 bits per heavy atom. The van der Waals surface area contributed by atoms with E-state index in [0.717, 1.165) is 31.9 Å². The van der Waals surface area contributed by atoms with Crippen LogP contribution in [0.2, 0.25) is 76.6 Å². The van der Waals surface area contributed by atoms with Gasteiger partial charge < -0.3 is 0 Å². The van der Waals surface area contributed by atoms with Crippen LogP contribution in [0, 0.1) is 23.3 Å². The van der Waals surface area contributed by atoms with Crippen LogP contribution >= 0.6 is 0 Å². The van der Waals surface area contributed by atoms with E-state index in [4.69, 9.17) is 0 Å². The number of halogens is 4. The Morgan fingerprint density at radius 1 is 0.533 bits per heavy atom. The monoisotopic (exact) mass is 718 g/mol. The first-order chi connectivity index (χ1) is 21.0. The summed E-state index contributed by atoms with van der Waals surface area (Å²) in [5, 5.41) is 0. The maximum atomic E-state index is 17.7. The summed E-state index contributed by atoms with van der Waals surface area (Å²) in [5.74, 6) is -2.59. The average molecular weight is 719 g/mol. The summed E-state index contributed by atoms with van der Waals surface area (Å²) in [7, 11) is -8.18. The average Bonchev–Trinajstić information content (AvgIpc) is 3.74. The molecular formula is C34H46F4N2Si4Ti. The number of benzene rings is 2. The third-order valence-corrected chi connectivity index (χ3v) is 38.9. The van der Waals surface area contributed by atoms with Gasteiger partial charge in [0.2, 0.25) is 0 Å². The number of hydrogen-bond acceptors (Lipinski definition) is 2. The molecule has 45 heavy (non-hydrogen) atoms. The first kappa shape index (κ1) is 33.2. The van der Waals surface area contributed by atoms with Crippen molar-refractivity contribution in [3.05, 3.63) is 91.7 Å². The van der Waals surface area contributed by atoms with Crippen molar-refractivity contribution in [3.8, 4) is 0 Å². The fourth-order valence-corrected chi connectivity index (χ4v) is 45.8. The number of nitrogens with zero attached hydrogens (tertiary/aromatic N) is 2. The summed E-state index contributed by atoms with van der Waals surface area (Å²) in [6, 6.07) is 10.2. The fourth-order valence-electron chi connectivity index (χ4n) is 9.15. The van der Waals surface area contributed by atoms with Gasteiger partial charge in [0.25, 0.3) is 0 Å². The van der Waals surface area contributed by atoms with Crippen LogP contribution in [0.4, 0.5) is 28.9 Å². The van der Waals surface area contributed by atoms with E-state index in [-0.39, 0.29) is 7.74 Å². The quantitative estimate of drug-likeness (QED) is 0.217. The SMILES string of the molecule is C[Si]1(C)CC[Si](C)(C)N1c1ccc(F)[c]([Ti]([C]2=CC=CC2)([C]2=CC=CC2)[c]2c(F)ccc(N3[Si](C)(C)CC[Si]3(C)C)c2F)c1F. The molecule has 0 amide bonds. The summed E-state index contributed by atoms with van der Waals surface area (Å²) >= 11 is -4.91. The molecule has 2 fully saturated rings. The zero-order valence-electron chi connectivity index (χ0n) is 27.9. The van der Waals surface area contributed by atoms with E-state index in [1.54, 1.807) is 12.1 Å². The first-order valence-corrected chi connectivity index (χ1v) is 32.0. The number of rotatable bonds is 6. The van der Waals surface area contributed by atoms with Crippen LogP contribution in [-0.4, -0.2) is 32.9 Å². The van der Waals surface area contributed by atoms with Gasteiger partial charge >= 0.3 is 276 Å². The van der Waals surface area contributed by atoms with Gasteiger partial charge in [0.05, 0.1) is 0 Å². The van der Waals surface area contributed by atoms with Gasteiger partial charge in [-0.15, -0.1) is 0 Å². The van der Waals surface area contributed by atoms with E-state index >= 15 is 17.6 Å². The summed E-state index contributed by atoms with van der Waals surface area (Å²) in [5.41, 5.74) is 0.868. The molecule has 4 aliphatic rings. The third kappa shape index (κ3) is 5.08. The zero-order chi connectivity index (χ0) is 32.7. The predicted molar refractivity (Wildman–Crippen MR) is 190 cm³/mol.